The molecule has 0 bridgehead atoms. The molecule has 0 aliphatic carbocycles. The molecule has 0 saturated heterocycles. The van der Waals surface area contributed by atoms with Gasteiger partial charge in [0.25, 0.3) is 5.09 Å². The smallest absolute Gasteiger partial charge is 0.328 e. The Morgan fingerprint density at radius 3 is 2.48 bits per heavy atom. The number of fused-ring (bicyclic) bond motifs is 2. The summed E-state index contributed by atoms with van der Waals surface area (Å²) in [6.07, 6.45) is 5.24. The van der Waals surface area contributed by atoms with Crippen molar-refractivity contribution in [2.75, 3.05) is 25.3 Å². The number of benzene rings is 1. The van der Waals surface area contributed by atoms with E-state index in [9.17, 15) is 19.7 Å². The molecule has 0 atom stereocenters. The molecule has 3 rings (SSSR count). The first-order chi connectivity index (χ1) is 14.9. The number of pyridine rings is 1. The number of aromatic nitrogens is 1. The molecule has 2 aromatic rings. The number of hydrogen-bond donors (Lipinski definition) is 3. The maximum absolute atomic E-state index is 10.0. The van der Waals surface area contributed by atoms with Crippen LogP contribution in [0.5, 0.6) is 11.5 Å². The largest absolute Gasteiger partial charge is 0.478 e. The maximum atomic E-state index is 10.0. The Balaban J connectivity index is 0.000000366. The van der Waals surface area contributed by atoms with E-state index in [0.717, 1.165) is 47.5 Å². The van der Waals surface area contributed by atoms with Crippen LogP contribution in [-0.4, -0.2) is 52.2 Å². The average Bonchev–Trinajstić information content (AvgIpc) is 3.17. The van der Waals surface area contributed by atoms with Gasteiger partial charge in [-0.3, -0.25) is 0 Å². The van der Waals surface area contributed by atoms with E-state index < -0.39 is 17.0 Å². The van der Waals surface area contributed by atoms with Gasteiger partial charge >= 0.3 is 11.9 Å². The number of hydrogen-bond acceptors (Lipinski definition) is 9. The molecule has 2 heterocycles. The van der Waals surface area contributed by atoms with Crippen LogP contribution in [-0.2, 0) is 14.4 Å². The molecule has 1 aromatic carbocycles. The van der Waals surface area contributed by atoms with Crippen molar-refractivity contribution in [2.24, 2.45) is 0 Å². The number of unbranched alkanes of at least 4 members (excludes halogenated alkanes) is 2. The third kappa shape index (κ3) is 8.04. The molecule has 1 aliphatic rings. The molecule has 31 heavy (non-hydrogen) atoms. The van der Waals surface area contributed by atoms with Crippen LogP contribution in [0.4, 0.5) is 5.82 Å². The highest BCUT2D eigenvalue weighted by atomic mass is 16.9. The van der Waals surface area contributed by atoms with E-state index in [1.165, 1.54) is 0 Å². The first-order valence-electron chi connectivity index (χ1n) is 9.20. The van der Waals surface area contributed by atoms with Gasteiger partial charge < -0.3 is 29.8 Å². The molecule has 3 N–H and O–H groups in total. The summed E-state index contributed by atoms with van der Waals surface area (Å²) in [7, 11) is 0. The van der Waals surface area contributed by atoms with Crippen molar-refractivity contribution in [2.45, 2.75) is 19.3 Å². The summed E-state index contributed by atoms with van der Waals surface area (Å²) in [5.41, 5.74) is 0. The lowest BCUT2D eigenvalue weighted by molar-refractivity contribution is -0.757. The van der Waals surface area contributed by atoms with E-state index in [2.05, 4.69) is 15.1 Å². The number of nitrogens with one attached hydrogen (secondary N) is 1. The van der Waals surface area contributed by atoms with Gasteiger partial charge in [0.2, 0.25) is 6.79 Å². The van der Waals surface area contributed by atoms with Crippen LogP contribution in [0.3, 0.4) is 0 Å². The van der Waals surface area contributed by atoms with Crippen molar-refractivity contribution in [3.8, 4) is 11.5 Å². The van der Waals surface area contributed by atoms with Crippen LogP contribution >= 0.6 is 0 Å². The third-order valence-corrected chi connectivity index (χ3v) is 3.94. The Labute approximate surface area is 176 Å². The highest BCUT2D eigenvalue weighted by Gasteiger charge is 2.15. The fourth-order valence-corrected chi connectivity index (χ4v) is 2.60. The van der Waals surface area contributed by atoms with Gasteiger partial charge in [-0.15, -0.1) is 10.1 Å². The Hall–Kier alpha value is -4.09. The average molecular weight is 435 g/mol. The predicted molar refractivity (Wildman–Crippen MR) is 108 cm³/mol. The van der Waals surface area contributed by atoms with E-state index in [-0.39, 0.29) is 13.4 Å². The van der Waals surface area contributed by atoms with Crippen molar-refractivity contribution in [3.05, 3.63) is 46.7 Å². The molecule has 12 nitrogen and oxygen atoms in total. The van der Waals surface area contributed by atoms with Crippen LogP contribution in [0, 0.1) is 10.1 Å². The first-order valence-corrected chi connectivity index (χ1v) is 9.20. The summed E-state index contributed by atoms with van der Waals surface area (Å²) in [6, 6.07) is 5.80. The molecule has 0 spiro atoms. The summed E-state index contributed by atoms with van der Waals surface area (Å²) in [5.74, 6) is -0.243. The molecule has 1 aromatic heterocycles. The topological polar surface area (TPSA) is 170 Å². The van der Waals surface area contributed by atoms with Crippen molar-refractivity contribution >= 4 is 28.5 Å². The van der Waals surface area contributed by atoms with Gasteiger partial charge in [-0.2, -0.15) is 0 Å². The summed E-state index contributed by atoms with van der Waals surface area (Å²) < 4.78 is 10.8. The van der Waals surface area contributed by atoms with Gasteiger partial charge in [-0.1, -0.05) is 0 Å². The van der Waals surface area contributed by atoms with E-state index >= 15 is 0 Å². The Kier molecular flexibility index (Phi) is 8.83. The highest BCUT2D eigenvalue weighted by Crippen LogP contribution is 2.37. The SMILES string of the molecule is O=C(O)/C=C\C(=O)O.O=[N+]([O-])OCCCCCNc1nccc2cc3c(cc12)OCO3. The van der Waals surface area contributed by atoms with Crippen LogP contribution in [0.15, 0.2) is 36.5 Å². The minimum Gasteiger partial charge on any atom is -0.478 e. The number of aliphatic carboxylic acids is 2. The van der Waals surface area contributed by atoms with Crippen molar-refractivity contribution < 1.29 is 39.2 Å². The Bertz CT molecular complexity index is 946. The minimum atomic E-state index is -1.26. The van der Waals surface area contributed by atoms with Crippen molar-refractivity contribution in [1.82, 2.24) is 4.98 Å². The molecule has 12 heteroatoms. The van der Waals surface area contributed by atoms with Gasteiger partial charge in [0, 0.05) is 30.3 Å². The second kappa shape index (κ2) is 11.8. The van der Waals surface area contributed by atoms with Crippen molar-refractivity contribution in [1.29, 1.82) is 0 Å². The fraction of sp³-hybridized carbons (Fsp3) is 0.316. The van der Waals surface area contributed by atoms with Crippen LogP contribution in [0.2, 0.25) is 0 Å². The zero-order valence-electron chi connectivity index (χ0n) is 16.4. The van der Waals surface area contributed by atoms with E-state index in [1.54, 1.807) is 6.20 Å². The number of nitrogens with zero attached hydrogens (tertiary/aromatic N) is 2. The summed E-state index contributed by atoms with van der Waals surface area (Å²) >= 11 is 0. The van der Waals surface area contributed by atoms with Gasteiger partial charge in [-0.25, -0.2) is 14.6 Å². The molecule has 0 amide bonds. The molecule has 0 fully saturated rings. The molecule has 0 unspecified atom stereocenters. The predicted octanol–water partition coefficient (Wildman–Crippen LogP) is 2.47. The quantitative estimate of drug-likeness (QED) is 0.217. The zero-order chi connectivity index (χ0) is 22.6. The lowest BCUT2D eigenvalue weighted by atomic mass is 10.1. The van der Waals surface area contributed by atoms with Crippen molar-refractivity contribution in [3.63, 3.8) is 0 Å². The third-order valence-electron chi connectivity index (χ3n) is 3.94. The van der Waals surface area contributed by atoms with Crippen LogP contribution in [0.25, 0.3) is 10.8 Å². The number of carboxylic acid groups (broad SMARTS) is 2. The highest BCUT2D eigenvalue weighted by molar-refractivity contribution is 5.94. The number of anilines is 1. The molecule has 0 saturated carbocycles. The number of rotatable bonds is 10. The standard InChI is InChI=1S/C15H17N3O5.C4H4O4/c19-18(20)23-7-3-1-2-5-16-15-12-9-14-13(21-10-22-14)8-11(12)4-6-17-15;5-3(6)1-2-4(7)8/h4,6,8-9H,1-3,5,7,10H2,(H,16,17);1-2H,(H,5,6)(H,7,8)/b;2-1-. The van der Waals surface area contributed by atoms with Crippen LogP contribution < -0.4 is 14.8 Å². The molecular weight excluding hydrogens is 414 g/mol. The molecule has 0 radical (unpaired) electrons. The first kappa shape index (κ1) is 23.2. The number of carbonyl (C=O) groups is 2. The Morgan fingerprint density at radius 2 is 1.84 bits per heavy atom. The lowest BCUT2D eigenvalue weighted by Gasteiger charge is -2.09. The summed E-state index contributed by atoms with van der Waals surface area (Å²) in [6.45, 7) is 1.12. The lowest BCUT2D eigenvalue weighted by Crippen LogP contribution is -2.05. The minimum absolute atomic E-state index is 0.142. The normalized spacial score (nSPS) is 11.6. The van der Waals surface area contributed by atoms with E-state index in [4.69, 9.17) is 19.7 Å². The second-order valence-electron chi connectivity index (χ2n) is 6.14. The maximum Gasteiger partial charge on any atom is 0.328 e. The van der Waals surface area contributed by atoms with E-state index in [0.29, 0.717) is 18.6 Å². The van der Waals surface area contributed by atoms with Gasteiger partial charge in [0.15, 0.2) is 11.5 Å². The van der Waals surface area contributed by atoms with Crippen LogP contribution in [0.1, 0.15) is 19.3 Å². The van der Waals surface area contributed by atoms with Gasteiger partial charge in [-0.05, 0) is 42.8 Å². The summed E-state index contributed by atoms with van der Waals surface area (Å²) in [5, 5.41) is 30.2. The number of carboxylic acids is 2. The number of ether oxygens (including phenoxy) is 2. The summed E-state index contributed by atoms with van der Waals surface area (Å²) in [4.78, 5) is 37.8. The second-order valence-corrected chi connectivity index (χ2v) is 6.14. The molecule has 1 aliphatic heterocycles. The van der Waals surface area contributed by atoms with E-state index in [1.807, 2.05) is 18.2 Å². The monoisotopic (exact) mass is 435 g/mol. The fourth-order valence-electron chi connectivity index (χ4n) is 2.60. The van der Waals surface area contributed by atoms with Gasteiger partial charge in [0.1, 0.15) is 5.82 Å². The van der Waals surface area contributed by atoms with Gasteiger partial charge in [0.05, 0.1) is 6.61 Å². The Morgan fingerprint density at radius 1 is 1.16 bits per heavy atom. The zero-order valence-corrected chi connectivity index (χ0v) is 16.4. The molecule has 166 valence electrons. The molecular formula is C19H21N3O9.